The van der Waals surface area contributed by atoms with Crippen molar-refractivity contribution in [3.05, 3.63) is 59.7 Å². The topological polar surface area (TPSA) is 67.9 Å². The van der Waals surface area contributed by atoms with Gasteiger partial charge in [0, 0.05) is 24.7 Å². The van der Waals surface area contributed by atoms with Crippen LogP contribution in [-0.2, 0) is 11.2 Å². The van der Waals surface area contributed by atoms with E-state index in [-0.39, 0.29) is 24.5 Å². The Morgan fingerprint density at radius 2 is 1.86 bits per heavy atom. The fourth-order valence-electron chi connectivity index (χ4n) is 3.47. The summed E-state index contributed by atoms with van der Waals surface area (Å²) in [4.78, 5) is 26.7. The molecular weight excluding hydrogens is 368 g/mol. The number of piperidine rings is 1. The van der Waals surface area contributed by atoms with Crippen LogP contribution in [0.15, 0.2) is 48.5 Å². The summed E-state index contributed by atoms with van der Waals surface area (Å²) in [7, 11) is 1.58. The van der Waals surface area contributed by atoms with Crippen molar-refractivity contribution in [3.63, 3.8) is 0 Å². The molecule has 0 spiro atoms. The number of likely N-dealkylation sites (tertiary alicyclic amines) is 1. The first-order chi connectivity index (χ1) is 14.1. The molecule has 0 radical (unpaired) electrons. The van der Waals surface area contributed by atoms with Gasteiger partial charge in [0.25, 0.3) is 11.8 Å². The van der Waals surface area contributed by atoms with Crippen LogP contribution < -0.4 is 14.8 Å². The molecule has 1 saturated heterocycles. The van der Waals surface area contributed by atoms with Crippen LogP contribution >= 0.6 is 0 Å². The predicted molar refractivity (Wildman–Crippen MR) is 111 cm³/mol. The van der Waals surface area contributed by atoms with Crippen molar-refractivity contribution in [1.82, 2.24) is 10.2 Å². The molecule has 2 aromatic rings. The molecule has 2 aromatic carbocycles. The maximum atomic E-state index is 12.5. The summed E-state index contributed by atoms with van der Waals surface area (Å²) in [5.41, 5.74) is 1.67. The summed E-state index contributed by atoms with van der Waals surface area (Å²) in [5, 5.41) is 3.06. The van der Waals surface area contributed by atoms with E-state index in [1.54, 1.807) is 25.3 Å². The van der Waals surface area contributed by atoms with Crippen molar-refractivity contribution in [2.24, 2.45) is 0 Å². The largest absolute Gasteiger partial charge is 0.497 e. The van der Waals surface area contributed by atoms with Crippen LogP contribution in [0.25, 0.3) is 0 Å². The first kappa shape index (κ1) is 20.7. The molecule has 0 bridgehead atoms. The highest BCUT2D eigenvalue weighted by molar-refractivity contribution is 5.94. The maximum absolute atomic E-state index is 12.5. The highest BCUT2D eigenvalue weighted by atomic mass is 16.5. The van der Waals surface area contributed by atoms with Crippen LogP contribution in [0.3, 0.4) is 0 Å². The normalized spacial score (nSPS) is 14.3. The van der Waals surface area contributed by atoms with E-state index in [0.717, 1.165) is 30.6 Å². The summed E-state index contributed by atoms with van der Waals surface area (Å²) in [6, 6.07) is 14.9. The maximum Gasteiger partial charge on any atom is 0.260 e. The van der Waals surface area contributed by atoms with E-state index in [9.17, 15) is 9.59 Å². The quantitative estimate of drug-likeness (QED) is 0.781. The number of rotatable bonds is 7. The zero-order chi connectivity index (χ0) is 20.6. The van der Waals surface area contributed by atoms with Gasteiger partial charge in [0.05, 0.1) is 7.11 Å². The van der Waals surface area contributed by atoms with Crippen LogP contribution in [0.2, 0.25) is 0 Å². The Kier molecular flexibility index (Phi) is 7.11. The number of ether oxygens (including phenoxy) is 2. The average Bonchev–Trinajstić information content (AvgIpc) is 2.78. The number of nitrogens with zero attached hydrogens (tertiary/aromatic N) is 1. The molecule has 0 saturated carbocycles. The van der Waals surface area contributed by atoms with Gasteiger partial charge in [0.2, 0.25) is 0 Å². The van der Waals surface area contributed by atoms with E-state index < -0.39 is 0 Å². The van der Waals surface area contributed by atoms with Gasteiger partial charge >= 0.3 is 0 Å². The molecule has 1 fully saturated rings. The smallest absolute Gasteiger partial charge is 0.260 e. The molecule has 0 aliphatic carbocycles. The van der Waals surface area contributed by atoms with Gasteiger partial charge in [0.15, 0.2) is 6.61 Å². The van der Waals surface area contributed by atoms with Crippen LogP contribution in [0.4, 0.5) is 0 Å². The number of benzene rings is 2. The molecule has 1 aliphatic heterocycles. The van der Waals surface area contributed by atoms with Gasteiger partial charge in [0.1, 0.15) is 11.5 Å². The minimum Gasteiger partial charge on any atom is -0.497 e. The van der Waals surface area contributed by atoms with Gasteiger partial charge < -0.3 is 19.7 Å². The van der Waals surface area contributed by atoms with Crippen LogP contribution in [0.1, 0.15) is 35.7 Å². The fraction of sp³-hybridized carbons (Fsp3) is 0.391. The molecule has 29 heavy (non-hydrogen) atoms. The molecule has 154 valence electrons. The molecule has 2 amide bonds. The summed E-state index contributed by atoms with van der Waals surface area (Å²) in [6.07, 6.45) is 2.32. The van der Waals surface area contributed by atoms with Crippen LogP contribution in [0.5, 0.6) is 11.5 Å². The van der Waals surface area contributed by atoms with Gasteiger partial charge in [-0.25, -0.2) is 0 Å². The van der Waals surface area contributed by atoms with Gasteiger partial charge in [-0.2, -0.15) is 0 Å². The van der Waals surface area contributed by atoms with Gasteiger partial charge in [-0.15, -0.1) is 0 Å². The Morgan fingerprint density at radius 1 is 1.10 bits per heavy atom. The number of nitrogens with one attached hydrogen (secondary N) is 1. The van der Waals surface area contributed by atoms with Gasteiger partial charge in [-0.3, -0.25) is 9.59 Å². The lowest BCUT2D eigenvalue weighted by Gasteiger charge is -2.32. The van der Waals surface area contributed by atoms with E-state index in [4.69, 9.17) is 9.47 Å². The number of para-hydroxylation sites is 1. The van der Waals surface area contributed by atoms with E-state index in [2.05, 4.69) is 12.2 Å². The summed E-state index contributed by atoms with van der Waals surface area (Å²) in [6.45, 7) is 3.33. The number of hydrogen-bond donors (Lipinski definition) is 1. The van der Waals surface area contributed by atoms with E-state index in [0.29, 0.717) is 24.4 Å². The molecule has 0 atom stereocenters. The highest BCUT2D eigenvalue weighted by Crippen LogP contribution is 2.19. The first-order valence-electron chi connectivity index (χ1n) is 10.0. The number of amides is 2. The lowest BCUT2D eigenvalue weighted by molar-refractivity contribution is -0.134. The third-order valence-corrected chi connectivity index (χ3v) is 5.22. The summed E-state index contributed by atoms with van der Waals surface area (Å²) in [5.74, 6) is 1.29. The molecule has 0 aromatic heterocycles. The number of aryl methyl sites for hydroxylation is 1. The van der Waals surface area contributed by atoms with Gasteiger partial charge in [-0.05, 0) is 49.1 Å². The molecule has 1 heterocycles. The second-order valence-electron chi connectivity index (χ2n) is 7.11. The molecule has 0 unspecified atom stereocenters. The lowest BCUT2D eigenvalue weighted by atomic mass is 10.0. The Bertz CT molecular complexity index is 844. The van der Waals surface area contributed by atoms with Gasteiger partial charge in [-0.1, -0.05) is 31.2 Å². The molecular formula is C23H28N2O4. The summed E-state index contributed by atoms with van der Waals surface area (Å²) >= 11 is 0. The van der Waals surface area contributed by atoms with E-state index >= 15 is 0 Å². The lowest BCUT2D eigenvalue weighted by Crippen LogP contribution is -2.47. The monoisotopic (exact) mass is 396 g/mol. The van der Waals surface area contributed by atoms with E-state index in [1.807, 2.05) is 35.2 Å². The molecule has 6 nitrogen and oxygen atoms in total. The Hall–Kier alpha value is -3.02. The summed E-state index contributed by atoms with van der Waals surface area (Å²) < 4.78 is 10.9. The van der Waals surface area contributed by atoms with E-state index in [1.165, 1.54) is 0 Å². The standard InChI is InChI=1S/C23H28N2O4/c1-3-17-7-4-5-10-21(17)29-16-22(26)25-13-11-19(12-14-25)24-23(27)18-8-6-9-20(15-18)28-2/h4-10,15,19H,3,11-14,16H2,1-2H3,(H,24,27). The van der Waals surface area contributed by atoms with Crippen LogP contribution in [-0.4, -0.2) is 49.6 Å². The van der Waals surface area contributed by atoms with Crippen molar-refractivity contribution in [1.29, 1.82) is 0 Å². The number of carbonyl (C=O) groups is 2. The second-order valence-corrected chi connectivity index (χ2v) is 7.11. The minimum absolute atomic E-state index is 0.0199. The average molecular weight is 396 g/mol. The Labute approximate surface area is 171 Å². The molecule has 1 aliphatic rings. The van der Waals surface area contributed by atoms with Crippen molar-refractivity contribution >= 4 is 11.8 Å². The van der Waals surface area contributed by atoms with Crippen molar-refractivity contribution in [2.75, 3.05) is 26.8 Å². The fourth-order valence-corrected chi connectivity index (χ4v) is 3.47. The zero-order valence-corrected chi connectivity index (χ0v) is 17.0. The third-order valence-electron chi connectivity index (χ3n) is 5.22. The third kappa shape index (κ3) is 5.50. The Morgan fingerprint density at radius 3 is 2.59 bits per heavy atom. The minimum atomic E-state index is -0.117. The highest BCUT2D eigenvalue weighted by Gasteiger charge is 2.24. The van der Waals surface area contributed by atoms with Crippen molar-refractivity contribution in [2.45, 2.75) is 32.2 Å². The number of methoxy groups -OCH3 is 1. The van der Waals surface area contributed by atoms with Crippen LogP contribution in [0, 0.1) is 0 Å². The first-order valence-corrected chi connectivity index (χ1v) is 10.0. The predicted octanol–water partition coefficient (Wildman–Crippen LogP) is 3.06. The SMILES string of the molecule is CCc1ccccc1OCC(=O)N1CCC(NC(=O)c2cccc(OC)c2)CC1. The zero-order valence-electron chi connectivity index (χ0n) is 17.0. The number of hydrogen-bond acceptors (Lipinski definition) is 4. The molecule has 6 heteroatoms. The Balaban J connectivity index is 1.46. The van der Waals surface area contributed by atoms with Crippen molar-refractivity contribution in [3.8, 4) is 11.5 Å². The molecule has 3 rings (SSSR count). The van der Waals surface area contributed by atoms with Crippen molar-refractivity contribution < 1.29 is 19.1 Å². The second kappa shape index (κ2) is 9.96. The molecule has 1 N–H and O–H groups in total. The number of carbonyl (C=O) groups excluding carboxylic acids is 2.